The number of benzene rings is 2. The highest BCUT2D eigenvalue weighted by atomic mass is 16.5. The Hall–Kier alpha value is -2.33. The number of hydrazone groups is 1. The van der Waals surface area contributed by atoms with Crippen LogP contribution in [-0.4, -0.2) is 41.0 Å². The standard InChI is InChI=1S/C25H31N3O/c1-4-13-27-14-11-25(12-15-27)28-23(21-16-19(3)7-10-24(21)29-25)17-22(26-28)20-8-5-18(2)6-9-20/h5-10,16,23H,4,11-15,17H2,1-3H3. The van der Waals surface area contributed by atoms with Crippen LogP contribution in [0.1, 0.15) is 60.9 Å². The van der Waals surface area contributed by atoms with Gasteiger partial charge in [-0.05, 0) is 38.4 Å². The van der Waals surface area contributed by atoms with E-state index in [1.807, 2.05) is 0 Å². The fourth-order valence-electron chi connectivity index (χ4n) is 5.09. The predicted octanol–water partition coefficient (Wildman–Crippen LogP) is 5.05. The summed E-state index contributed by atoms with van der Waals surface area (Å²) in [6, 6.07) is 15.7. The number of aryl methyl sites for hydroxylation is 2. The molecule has 5 rings (SSSR count). The molecule has 1 spiro atoms. The summed E-state index contributed by atoms with van der Waals surface area (Å²) in [6.45, 7) is 9.88. The van der Waals surface area contributed by atoms with Gasteiger partial charge >= 0.3 is 0 Å². The summed E-state index contributed by atoms with van der Waals surface area (Å²) in [5, 5.41) is 7.52. The van der Waals surface area contributed by atoms with Crippen LogP contribution in [0.15, 0.2) is 47.6 Å². The normalized spacial score (nSPS) is 22.8. The van der Waals surface area contributed by atoms with Gasteiger partial charge in [-0.1, -0.05) is 54.4 Å². The average molecular weight is 390 g/mol. The van der Waals surface area contributed by atoms with Gasteiger partial charge in [0, 0.05) is 37.9 Å². The van der Waals surface area contributed by atoms with E-state index in [4.69, 9.17) is 9.84 Å². The van der Waals surface area contributed by atoms with Gasteiger partial charge in [-0.3, -0.25) is 0 Å². The molecule has 0 bridgehead atoms. The zero-order valence-corrected chi connectivity index (χ0v) is 17.8. The van der Waals surface area contributed by atoms with Crippen molar-refractivity contribution in [3.63, 3.8) is 0 Å². The third-order valence-corrected chi connectivity index (χ3v) is 6.71. The van der Waals surface area contributed by atoms with Crippen molar-refractivity contribution >= 4 is 5.71 Å². The Bertz CT molecular complexity index is 926. The van der Waals surface area contributed by atoms with E-state index in [0.29, 0.717) is 0 Å². The molecule has 2 aromatic carbocycles. The van der Waals surface area contributed by atoms with Gasteiger partial charge < -0.3 is 9.64 Å². The van der Waals surface area contributed by atoms with Crippen molar-refractivity contribution in [1.29, 1.82) is 0 Å². The first-order valence-electron chi connectivity index (χ1n) is 11.0. The highest BCUT2D eigenvalue weighted by Crippen LogP contribution is 2.50. The van der Waals surface area contributed by atoms with Gasteiger partial charge in [-0.2, -0.15) is 5.10 Å². The molecule has 0 saturated carbocycles. The molecule has 1 saturated heterocycles. The molecule has 3 aliphatic heterocycles. The van der Waals surface area contributed by atoms with Crippen molar-refractivity contribution in [2.24, 2.45) is 5.10 Å². The van der Waals surface area contributed by atoms with Crippen molar-refractivity contribution in [2.75, 3.05) is 19.6 Å². The third kappa shape index (κ3) is 3.24. The van der Waals surface area contributed by atoms with Crippen molar-refractivity contribution in [3.05, 3.63) is 64.7 Å². The molecule has 0 amide bonds. The largest absolute Gasteiger partial charge is 0.466 e. The molecule has 0 radical (unpaired) electrons. The molecule has 2 aromatic rings. The van der Waals surface area contributed by atoms with Crippen LogP contribution in [0.5, 0.6) is 5.75 Å². The highest BCUT2D eigenvalue weighted by molar-refractivity contribution is 6.02. The quantitative estimate of drug-likeness (QED) is 0.735. The summed E-state index contributed by atoms with van der Waals surface area (Å²) in [4.78, 5) is 2.56. The van der Waals surface area contributed by atoms with Gasteiger partial charge in [0.2, 0.25) is 5.72 Å². The van der Waals surface area contributed by atoms with Gasteiger partial charge in [0.1, 0.15) is 5.75 Å². The first-order chi connectivity index (χ1) is 14.1. The minimum Gasteiger partial charge on any atom is -0.466 e. The Morgan fingerprint density at radius 2 is 1.76 bits per heavy atom. The Morgan fingerprint density at radius 3 is 2.48 bits per heavy atom. The molecule has 4 nitrogen and oxygen atoms in total. The van der Waals surface area contributed by atoms with E-state index in [2.05, 4.69) is 73.1 Å². The van der Waals surface area contributed by atoms with E-state index in [-0.39, 0.29) is 11.8 Å². The molecule has 1 atom stereocenters. The fraction of sp³-hybridized carbons (Fsp3) is 0.480. The van der Waals surface area contributed by atoms with Crippen LogP contribution in [0.3, 0.4) is 0 Å². The summed E-state index contributed by atoms with van der Waals surface area (Å²) < 4.78 is 6.75. The molecule has 3 aliphatic rings. The molecule has 0 aromatic heterocycles. The molecule has 0 N–H and O–H groups in total. The van der Waals surface area contributed by atoms with E-state index in [1.54, 1.807) is 0 Å². The second kappa shape index (κ2) is 7.17. The van der Waals surface area contributed by atoms with E-state index in [0.717, 1.165) is 38.1 Å². The molecular weight excluding hydrogens is 358 g/mol. The number of fused-ring (bicyclic) bond motifs is 4. The number of hydrogen-bond acceptors (Lipinski definition) is 4. The van der Waals surface area contributed by atoms with Crippen LogP contribution >= 0.6 is 0 Å². The van der Waals surface area contributed by atoms with Crippen LogP contribution in [0.25, 0.3) is 0 Å². The number of likely N-dealkylation sites (tertiary alicyclic amines) is 1. The van der Waals surface area contributed by atoms with E-state index < -0.39 is 0 Å². The van der Waals surface area contributed by atoms with E-state index in [1.165, 1.54) is 40.9 Å². The zero-order valence-electron chi connectivity index (χ0n) is 17.8. The van der Waals surface area contributed by atoms with Gasteiger partial charge in [0.15, 0.2) is 0 Å². The van der Waals surface area contributed by atoms with E-state index >= 15 is 0 Å². The fourth-order valence-corrected chi connectivity index (χ4v) is 5.09. The maximum atomic E-state index is 6.75. The lowest BCUT2D eigenvalue weighted by Crippen LogP contribution is -2.59. The number of piperidine rings is 1. The van der Waals surface area contributed by atoms with Crippen LogP contribution in [0.4, 0.5) is 0 Å². The number of rotatable bonds is 3. The Balaban J connectivity index is 1.52. The Labute approximate surface area is 174 Å². The van der Waals surface area contributed by atoms with Gasteiger partial charge in [-0.25, -0.2) is 5.01 Å². The second-order valence-electron chi connectivity index (χ2n) is 8.91. The highest BCUT2D eigenvalue weighted by Gasteiger charge is 2.51. The minimum absolute atomic E-state index is 0.271. The average Bonchev–Trinajstić information content (AvgIpc) is 3.18. The molecule has 1 unspecified atom stereocenters. The zero-order chi connectivity index (χ0) is 20.0. The van der Waals surface area contributed by atoms with Gasteiger partial charge in [0.25, 0.3) is 0 Å². The maximum Gasteiger partial charge on any atom is 0.200 e. The lowest BCUT2D eigenvalue weighted by atomic mass is 9.90. The molecule has 0 aliphatic carbocycles. The van der Waals surface area contributed by atoms with Crippen LogP contribution in [-0.2, 0) is 0 Å². The lowest BCUT2D eigenvalue weighted by molar-refractivity contribution is -0.149. The Kier molecular flexibility index (Phi) is 4.62. The summed E-state index contributed by atoms with van der Waals surface area (Å²) in [5.41, 5.74) is 5.96. The topological polar surface area (TPSA) is 28.1 Å². The first kappa shape index (κ1) is 18.7. The van der Waals surface area contributed by atoms with Gasteiger partial charge in [0.05, 0.1) is 11.8 Å². The Morgan fingerprint density at radius 1 is 1.03 bits per heavy atom. The predicted molar refractivity (Wildman–Crippen MR) is 117 cm³/mol. The molecule has 3 heterocycles. The third-order valence-electron chi connectivity index (χ3n) is 6.71. The molecule has 4 heteroatoms. The second-order valence-corrected chi connectivity index (χ2v) is 8.91. The van der Waals surface area contributed by atoms with Crippen molar-refractivity contribution < 1.29 is 4.74 Å². The number of ether oxygens (including phenoxy) is 1. The molecule has 1 fully saturated rings. The van der Waals surface area contributed by atoms with Crippen molar-refractivity contribution in [3.8, 4) is 5.75 Å². The van der Waals surface area contributed by atoms with E-state index in [9.17, 15) is 0 Å². The monoisotopic (exact) mass is 389 g/mol. The smallest absolute Gasteiger partial charge is 0.200 e. The van der Waals surface area contributed by atoms with Crippen LogP contribution in [0, 0.1) is 13.8 Å². The van der Waals surface area contributed by atoms with Crippen LogP contribution < -0.4 is 4.74 Å². The number of hydrogen-bond donors (Lipinski definition) is 0. The van der Waals surface area contributed by atoms with Crippen molar-refractivity contribution in [2.45, 2.75) is 58.2 Å². The van der Waals surface area contributed by atoms with Crippen LogP contribution in [0.2, 0.25) is 0 Å². The summed E-state index contributed by atoms with van der Waals surface area (Å²) in [5.74, 6) is 1.06. The maximum absolute atomic E-state index is 6.75. The summed E-state index contributed by atoms with van der Waals surface area (Å²) >= 11 is 0. The number of nitrogens with zero attached hydrogens (tertiary/aromatic N) is 3. The van der Waals surface area contributed by atoms with Gasteiger partial charge in [-0.15, -0.1) is 0 Å². The summed E-state index contributed by atoms with van der Waals surface area (Å²) in [7, 11) is 0. The SMILES string of the molecule is CCCN1CCC2(CC1)Oc1ccc(C)cc1C1CC(c3ccc(C)cc3)=NN12. The first-order valence-corrected chi connectivity index (χ1v) is 11.0. The van der Waals surface area contributed by atoms with Crippen molar-refractivity contribution in [1.82, 2.24) is 9.91 Å². The molecular formula is C25H31N3O. The molecule has 29 heavy (non-hydrogen) atoms. The lowest BCUT2D eigenvalue weighted by Gasteiger charge is -2.51. The summed E-state index contributed by atoms with van der Waals surface area (Å²) in [6.07, 6.45) is 4.16. The molecule has 152 valence electrons. The minimum atomic E-state index is -0.316.